The average molecular weight is 523 g/mol. The minimum Gasteiger partial charge on any atom is -0.363 e. The van der Waals surface area contributed by atoms with E-state index < -0.39 is 0 Å². The van der Waals surface area contributed by atoms with Gasteiger partial charge in [0.15, 0.2) is 0 Å². The maximum absolute atomic E-state index is 13.9. The molecule has 206 valence electrons. The average Bonchev–Trinajstić information content (AvgIpc) is 3.25. The molecule has 1 saturated heterocycles. The fraction of sp³-hybridized carbons (Fsp3) is 0.552. The number of hydrogen-bond acceptors (Lipinski definition) is 6. The molecule has 2 aromatic rings. The van der Waals surface area contributed by atoms with E-state index in [0.717, 1.165) is 24.9 Å². The summed E-state index contributed by atoms with van der Waals surface area (Å²) in [6.07, 6.45) is 7.79. The fourth-order valence-corrected chi connectivity index (χ4v) is 6.00. The second-order valence-electron chi connectivity index (χ2n) is 10.5. The van der Waals surface area contributed by atoms with Crippen LogP contribution >= 0.6 is 0 Å². The summed E-state index contributed by atoms with van der Waals surface area (Å²) in [6, 6.07) is 6.26. The first-order valence-electron chi connectivity index (χ1n) is 13.8. The number of imide groups is 1. The molecule has 1 aromatic carbocycles. The largest absolute Gasteiger partial charge is 0.363 e. The highest BCUT2D eigenvalue weighted by Crippen LogP contribution is 2.45. The number of rotatable bonds is 11. The van der Waals surface area contributed by atoms with Crippen molar-refractivity contribution in [2.24, 2.45) is 10.9 Å². The Labute approximate surface area is 226 Å². The standard InChI is InChI=1S/C29H42N6O3/c1-6-13-33-18-22(28(36)34(29(37)31-8-3)15-10-14-32(4)5)16-24-23-11-9-12-25-27(23)21(17-26(24)33)19-35(25)38-20-30-7-2/h6,9,11-12,19-20,22,24,26H,1,7-8,10,13-18H2,2-5H3,(H,31,37)/t22-,24-,26-/m1/s1. The lowest BCUT2D eigenvalue weighted by Gasteiger charge is -2.47. The number of hydrogen-bond donors (Lipinski definition) is 1. The molecule has 1 aromatic heterocycles. The highest BCUT2D eigenvalue weighted by atomic mass is 16.7. The van der Waals surface area contributed by atoms with E-state index in [4.69, 9.17) is 4.84 Å². The SMILES string of the molecule is C=CCN1C[C@H](C(=O)N(CCCN(C)C)C(=O)NCC)C[C@@H]2c3cccc4c3c(cn4OC=NCC)C[C@H]21. The Kier molecular flexibility index (Phi) is 9.22. The van der Waals surface area contributed by atoms with E-state index in [9.17, 15) is 9.59 Å². The second-order valence-corrected chi connectivity index (χ2v) is 10.5. The molecule has 3 atom stereocenters. The molecule has 3 amide bonds. The summed E-state index contributed by atoms with van der Waals surface area (Å²) in [4.78, 5) is 42.8. The number of carbonyl (C=O) groups excluding carboxylic acids is 2. The Bertz CT molecular complexity index is 1170. The van der Waals surface area contributed by atoms with Crippen LogP contribution in [0.25, 0.3) is 10.9 Å². The summed E-state index contributed by atoms with van der Waals surface area (Å²) in [6.45, 7) is 11.5. The van der Waals surface area contributed by atoms with Crippen LogP contribution in [0.4, 0.5) is 4.79 Å². The molecule has 4 rings (SSSR count). The maximum Gasteiger partial charge on any atom is 0.324 e. The zero-order valence-electron chi connectivity index (χ0n) is 23.2. The van der Waals surface area contributed by atoms with Gasteiger partial charge in [0.2, 0.25) is 12.3 Å². The van der Waals surface area contributed by atoms with Gasteiger partial charge in [-0.3, -0.25) is 19.6 Å². The molecule has 9 heteroatoms. The summed E-state index contributed by atoms with van der Waals surface area (Å²) in [5.41, 5.74) is 3.50. The van der Waals surface area contributed by atoms with E-state index in [-0.39, 0.29) is 29.8 Å². The quantitative estimate of drug-likeness (QED) is 0.279. The number of fused-ring (bicyclic) bond motifs is 2. The van der Waals surface area contributed by atoms with Crippen LogP contribution in [0.5, 0.6) is 0 Å². The van der Waals surface area contributed by atoms with Crippen molar-refractivity contribution in [3.8, 4) is 0 Å². The van der Waals surface area contributed by atoms with E-state index in [1.54, 1.807) is 4.73 Å². The Morgan fingerprint density at radius 3 is 2.79 bits per heavy atom. The highest BCUT2D eigenvalue weighted by molar-refractivity contribution is 5.96. The molecule has 2 aliphatic rings. The molecular weight excluding hydrogens is 480 g/mol. The third-order valence-electron chi connectivity index (χ3n) is 7.62. The van der Waals surface area contributed by atoms with Crippen molar-refractivity contribution >= 4 is 29.2 Å². The number of aromatic nitrogens is 1. The lowest BCUT2D eigenvalue weighted by Crippen LogP contribution is -2.55. The number of amides is 3. The van der Waals surface area contributed by atoms with E-state index in [0.29, 0.717) is 39.1 Å². The maximum atomic E-state index is 13.9. The summed E-state index contributed by atoms with van der Waals surface area (Å²) in [5.74, 6) is -0.186. The number of urea groups is 1. The highest BCUT2D eigenvalue weighted by Gasteiger charge is 2.44. The van der Waals surface area contributed by atoms with E-state index in [1.165, 1.54) is 27.8 Å². The third kappa shape index (κ3) is 5.78. The molecule has 9 nitrogen and oxygen atoms in total. The Balaban J connectivity index is 1.65. The molecule has 1 fully saturated rings. The molecular formula is C29H42N6O3. The van der Waals surface area contributed by atoms with Gasteiger partial charge in [-0.25, -0.2) is 4.79 Å². The molecule has 0 radical (unpaired) electrons. The number of carbonyl (C=O) groups is 2. The summed E-state index contributed by atoms with van der Waals surface area (Å²) in [5, 5.41) is 4.05. The van der Waals surface area contributed by atoms with Crippen LogP contribution in [0.3, 0.4) is 0 Å². The first kappa shape index (κ1) is 27.9. The molecule has 0 spiro atoms. The number of likely N-dealkylation sites (tertiary alicyclic amines) is 1. The smallest absolute Gasteiger partial charge is 0.324 e. The molecule has 0 unspecified atom stereocenters. The van der Waals surface area contributed by atoms with Crippen molar-refractivity contribution in [2.45, 2.75) is 45.1 Å². The Morgan fingerprint density at radius 1 is 1.26 bits per heavy atom. The molecule has 2 heterocycles. The number of aliphatic imine (C=N–C) groups is 1. The summed E-state index contributed by atoms with van der Waals surface area (Å²) in [7, 11) is 4.00. The predicted molar refractivity (Wildman–Crippen MR) is 152 cm³/mol. The van der Waals surface area contributed by atoms with Gasteiger partial charge in [0, 0.05) is 56.3 Å². The van der Waals surface area contributed by atoms with Crippen molar-refractivity contribution in [2.75, 3.05) is 53.4 Å². The van der Waals surface area contributed by atoms with Crippen molar-refractivity contribution in [3.63, 3.8) is 0 Å². The Morgan fingerprint density at radius 2 is 2.08 bits per heavy atom. The fourth-order valence-electron chi connectivity index (χ4n) is 6.00. The minimum atomic E-state index is -0.301. The second kappa shape index (κ2) is 12.6. The van der Waals surface area contributed by atoms with Gasteiger partial charge < -0.3 is 15.1 Å². The minimum absolute atomic E-state index is 0.0862. The zero-order chi connectivity index (χ0) is 27.2. The van der Waals surface area contributed by atoms with Gasteiger partial charge in [-0.1, -0.05) is 18.2 Å². The molecule has 1 N–H and O–H groups in total. The number of piperidine rings is 1. The van der Waals surface area contributed by atoms with Gasteiger partial charge in [-0.15, -0.1) is 6.58 Å². The monoisotopic (exact) mass is 522 g/mol. The topological polar surface area (TPSA) is 82.4 Å². The van der Waals surface area contributed by atoms with Crippen LogP contribution in [0.1, 0.15) is 43.7 Å². The van der Waals surface area contributed by atoms with Gasteiger partial charge in [0.05, 0.1) is 11.4 Å². The number of nitrogens with zero attached hydrogens (tertiary/aromatic N) is 5. The van der Waals surface area contributed by atoms with Crippen LogP contribution in [-0.4, -0.2) is 97.2 Å². The van der Waals surface area contributed by atoms with Crippen LogP contribution in [0.15, 0.2) is 42.0 Å². The van der Waals surface area contributed by atoms with Crippen LogP contribution in [0, 0.1) is 5.92 Å². The first-order chi connectivity index (χ1) is 18.4. The molecule has 0 saturated carbocycles. The van der Waals surface area contributed by atoms with Crippen molar-refractivity contribution in [1.29, 1.82) is 0 Å². The van der Waals surface area contributed by atoms with Crippen molar-refractivity contribution < 1.29 is 14.4 Å². The lowest BCUT2D eigenvalue weighted by atomic mass is 9.72. The normalized spacial score (nSPS) is 21.0. The molecule has 1 aliphatic heterocycles. The summed E-state index contributed by atoms with van der Waals surface area (Å²) < 4.78 is 1.80. The van der Waals surface area contributed by atoms with Crippen LogP contribution in [-0.2, 0) is 11.2 Å². The zero-order valence-corrected chi connectivity index (χ0v) is 23.2. The van der Waals surface area contributed by atoms with Gasteiger partial charge in [0.1, 0.15) is 0 Å². The number of nitrogens with one attached hydrogen (secondary N) is 1. The predicted octanol–water partition coefficient (Wildman–Crippen LogP) is 3.14. The molecule has 1 aliphatic carbocycles. The Hall–Kier alpha value is -3.17. The third-order valence-corrected chi connectivity index (χ3v) is 7.62. The van der Waals surface area contributed by atoms with Crippen molar-refractivity contribution in [3.05, 3.63) is 48.2 Å². The van der Waals surface area contributed by atoms with Gasteiger partial charge >= 0.3 is 6.03 Å². The van der Waals surface area contributed by atoms with Gasteiger partial charge in [-0.05, 0) is 70.9 Å². The van der Waals surface area contributed by atoms with Crippen LogP contribution in [0.2, 0.25) is 0 Å². The molecule has 0 bridgehead atoms. The number of benzene rings is 1. The van der Waals surface area contributed by atoms with E-state index in [2.05, 4.69) is 51.1 Å². The van der Waals surface area contributed by atoms with Crippen LogP contribution < -0.4 is 10.2 Å². The van der Waals surface area contributed by atoms with Gasteiger partial charge in [-0.2, -0.15) is 4.73 Å². The van der Waals surface area contributed by atoms with Gasteiger partial charge in [0.25, 0.3) is 0 Å². The van der Waals surface area contributed by atoms with Crippen molar-refractivity contribution in [1.82, 2.24) is 24.7 Å². The van der Waals surface area contributed by atoms with E-state index >= 15 is 0 Å². The molecule has 38 heavy (non-hydrogen) atoms. The lowest BCUT2D eigenvalue weighted by molar-refractivity contribution is -0.135. The first-order valence-corrected chi connectivity index (χ1v) is 13.8. The van der Waals surface area contributed by atoms with E-state index in [1.807, 2.05) is 34.0 Å². The summed E-state index contributed by atoms with van der Waals surface area (Å²) >= 11 is 0.